The average molecular weight is 494 g/mol. The summed E-state index contributed by atoms with van der Waals surface area (Å²) in [6, 6.07) is 21.1. The number of hydrogen-bond donors (Lipinski definition) is 1. The number of azo groups is 1. The smallest absolute Gasteiger partial charge is 0.269 e. The molecular weight excluding hydrogens is 470 g/mol. The lowest BCUT2D eigenvalue weighted by Crippen LogP contribution is -2.61. The molecule has 0 aliphatic carbocycles. The lowest BCUT2D eigenvalue weighted by molar-refractivity contribution is -0.384. The molecule has 4 aromatic rings. The van der Waals surface area contributed by atoms with Crippen LogP contribution in [0.15, 0.2) is 88.0 Å². The number of aliphatic imine (C=N–C) groups is 1. The van der Waals surface area contributed by atoms with Crippen LogP contribution in [-0.2, 0) is 5.41 Å². The van der Waals surface area contributed by atoms with E-state index < -0.39 is 16.1 Å². The Kier molecular flexibility index (Phi) is 4.81. The second-order valence-corrected chi connectivity index (χ2v) is 9.68. The van der Waals surface area contributed by atoms with Gasteiger partial charge in [-0.25, -0.2) is 0 Å². The molecule has 37 heavy (non-hydrogen) atoms. The summed E-state index contributed by atoms with van der Waals surface area (Å²) in [5.74, 6) is 0.507. The van der Waals surface area contributed by atoms with Crippen molar-refractivity contribution in [1.29, 1.82) is 0 Å². The van der Waals surface area contributed by atoms with Crippen molar-refractivity contribution in [2.75, 3.05) is 11.9 Å². The van der Waals surface area contributed by atoms with Gasteiger partial charge in [-0.1, -0.05) is 30.3 Å². The number of nitrogens with zero attached hydrogens (tertiary/aromatic N) is 5. The molecule has 0 fully saturated rings. The SMILES string of the molecule is CN1c2ccccc2C(C)(C)C12C=Nc1c(ccc3ccc(O)c(N=Nc4ccc([N+](=O)[O-])cc4)c13)O2. The van der Waals surface area contributed by atoms with Gasteiger partial charge in [0.05, 0.1) is 22.2 Å². The van der Waals surface area contributed by atoms with E-state index in [1.165, 1.54) is 29.8 Å². The fraction of sp³-hybridized carbons (Fsp3) is 0.179. The number of phenols is 1. The molecule has 2 aliphatic rings. The van der Waals surface area contributed by atoms with E-state index in [2.05, 4.69) is 41.1 Å². The number of aromatic hydroxyl groups is 1. The van der Waals surface area contributed by atoms with Gasteiger partial charge in [-0.05, 0) is 55.1 Å². The standard InChI is InChI=1S/C28H23N5O4/c1-27(2)20-6-4-5-7-21(20)32(3)28(27)16-29-26-23(37-28)15-9-17-8-14-22(34)25(24(17)26)31-30-18-10-12-19(13-11-18)33(35)36/h4-16,34H,1-3H3. The molecule has 0 amide bonds. The molecule has 0 bridgehead atoms. The first-order chi connectivity index (χ1) is 17.7. The summed E-state index contributed by atoms with van der Waals surface area (Å²) in [6.07, 6.45) is 1.83. The molecule has 1 spiro atoms. The first-order valence-corrected chi connectivity index (χ1v) is 11.8. The molecule has 0 radical (unpaired) electrons. The first-order valence-electron chi connectivity index (χ1n) is 11.8. The van der Waals surface area contributed by atoms with Gasteiger partial charge in [0.2, 0.25) is 5.72 Å². The molecule has 9 nitrogen and oxygen atoms in total. The van der Waals surface area contributed by atoms with Crippen LogP contribution in [0.25, 0.3) is 10.8 Å². The van der Waals surface area contributed by atoms with Crippen LogP contribution in [0.1, 0.15) is 19.4 Å². The van der Waals surface area contributed by atoms with Gasteiger partial charge in [-0.15, -0.1) is 5.11 Å². The Balaban J connectivity index is 1.46. The zero-order valence-corrected chi connectivity index (χ0v) is 20.4. The van der Waals surface area contributed by atoms with Gasteiger partial charge in [-0.2, -0.15) is 5.11 Å². The number of rotatable bonds is 3. The van der Waals surface area contributed by atoms with Crippen LogP contribution in [-0.4, -0.2) is 29.0 Å². The Morgan fingerprint density at radius 3 is 2.46 bits per heavy atom. The number of fused-ring (bicyclic) bond motifs is 4. The Hall–Kier alpha value is -4.79. The van der Waals surface area contributed by atoms with Crippen LogP contribution < -0.4 is 9.64 Å². The minimum Gasteiger partial charge on any atom is -0.506 e. The van der Waals surface area contributed by atoms with E-state index >= 15 is 0 Å². The van der Waals surface area contributed by atoms with Crippen LogP contribution in [0.2, 0.25) is 0 Å². The molecule has 0 aromatic heterocycles. The van der Waals surface area contributed by atoms with Gasteiger partial charge >= 0.3 is 0 Å². The number of ether oxygens (including phenoxy) is 1. The lowest BCUT2D eigenvalue weighted by atomic mass is 9.77. The van der Waals surface area contributed by atoms with Crippen molar-refractivity contribution in [2.45, 2.75) is 25.0 Å². The second-order valence-electron chi connectivity index (χ2n) is 9.68. The minimum absolute atomic E-state index is 0.0385. The highest BCUT2D eigenvalue weighted by Gasteiger charge is 2.58. The van der Waals surface area contributed by atoms with E-state index in [1.807, 2.05) is 37.5 Å². The average Bonchev–Trinajstić information content (AvgIpc) is 3.06. The molecule has 2 aliphatic heterocycles. The highest BCUT2D eigenvalue weighted by atomic mass is 16.6. The number of phenolic OH excluding ortho intramolecular Hbond substituents is 1. The maximum atomic E-state index is 10.9. The topological polar surface area (TPSA) is 113 Å². The molecular formula is C28H23N5O4. The summed E-state index contributed by atoms with van der Waals surface area (Å²) in [6.45, 7) is 4.28. The molecule has 4 aromatic carbocycles. The Bertz CT molecular complexity index is 1640. The summed E-state index contributed by atoms with van der Waals surface area (Å²) < 4.78 is 6.75. The molecule has 184 valence electrons. The molecule has 9 heteroatoms. The van der Waals surface area contributed by atoms with E-state index in [9.17, 15) is 15.2 Å². The molecule has 1 unspecified atom stereocenters. The van der Waals surface area contributed by atoms with Gasteiger partial charge in [0.1, 0.15) is 22.9 Å². The summed E-state index contributed by atoms with van der Waals surface area (Å²) in [5.41, 5.74) is 2.19. The van der Waals surface area contributed by atoms with E-state index in [4.69, 9.17) is 9.73 Å². The fourth-order valence-corrected chi connectivity index (χ4v) is 5.29. The normalized spacial score (nSPS) is 19.3. The van der Waals surface area contributed by atoms with Crippen LogP contribution in [0.4, 0.5) is 28.4 Å². The van der Waals surface area contributed by atoms with Crippen molar-refractivity contribution in [3.05, 3.63) is 88.5 Å². The number of hydrogen-bond acceptors (Lipinski definition) is 8. The van der Waals surface area contributed by atoms with Crippen LogP contribution in [0.5, 0.6) is 11.5 Å². The molecule has 0 saturated heterocycles. The van der Waals surface area contributed by atoms with Crippen LogP contribution >= 0.6 is 0 Å². The first kappa shape index (κ1) is 22.7. The quantitative estimate of drug-likeness (QED) is 0.186. The summed E-state index contributed by atoms with van der Waals surface area (Å²) in [5, 5.41) is 31.6. The van der Waals surface area contributed by atoms with Crippen molar-refractivity contribution >= 4 is 45.4 Å². The van der Waals surface area contributed by atoms with E-state index in [1.54, 1.807) is 12.1 Å². The van der Waals surface area contributed by atoms with Gasteiger partial charge in [0.15, 0.2) is 0 Å². The van der Waals surface area contributed by atoms with Crippen molar-refractivity contribution in [3.63, 3.8) is 0 Å². The third kappa shape index (κ3) is 3.20. The number of non-ortho nitro benzene ring substituents is 1. The highest BCUT2D eigenvalue weighted by molar-refractivity contribution is 6.07. The molecule has 0 saturated carbocycles. The van der Waals surface area contributed by atoms with Gasteiger partial charge in [0, 0.05) is 30.3 Å². The van der Waals surface area contributed by atoms with E-state index in [0.29, 0.717) is 22.5 Å². The number of likely N-dealkylation sites (N-methyl/N-ethyl adjacent to an activating group) is 1. The zero-order chi connectivity index (χ0) is 25.9. The number of anilines is 1. The predicted molar refractivity (Wildman–Crippen MR) is 142 cm³/mol. The van der Waals surface area contributed by atoms with Gasteiger partial charge in [-0.3, -0.25) is 15.1 Å². The molecule has 2 heterocycles. The molecule has 1 N–H and O–H groups in total. The van der Waals surface area contributed by atoms with Crippen molar-refractivity contribution in [3.8, 4) is 11.5 Å². The summed E-state index contributed by atoms with van der Waals surface area (Å²) in [4.78, 5) is 17.5. The highest BCUT2D eigenvalue weighted by Crippen LogP contribution is 2.55. The Morgan fingerprint density at radius 1 is 1.00 bits per heavy atom. The summed E-state index contributed by atoms with van der Waals surface area (Å²) in [7, 11) is 2.00. The lowest BCUT2D eigenvalue weighted by Gasteiger charge is -2.45. The monoisotopic (exact) mass is 493 g/mol. The zero-order valence-electron chi connectivity index (χ0n) is 20.4. The van der Waals surface area contributed by atoms with E-state index in [-0.39, 0.29) is 17.1 Å². The largest absolute Gasteiger partial charge is 0.506 e. The molecule has 1 atom stereocenters. The van der Waals surface area contributed by atoms with Crippen molar-refractivity contribution in [1.82, 2.24) is 0 Å². The van der Waals surface area contributed by atoms with Crippen LogP contribution in [0, 0.1) is 10.1 Å². The number of para-hydroxylation sites is 1. The number of nitro groups is 1. The third-order valence-corrected chi connectivity index (χ3v) is 7.37. The van der Waals surface area contributed by atoms with Gasteiger partial charge < -0.3 is 14.7 Å². The van der Waals surface area contributed by atoms with Crippen molar-refractivity contribution in [2.24, 2.45) is 15.2 Å². The second kappa shape index (κ2) is 7.86. The molecule has 6 rings (SSSR count). The van der Waals surface area contributed by atoms with E-state index in [0.717, 1.165) is 11.1 Å². The fourth-order valence-electron chi connectivity index (χ4n) is 5.29. The predicted octanol–water partition coefficient (Wildman–Crippen LogP) is 7.09. The maximum absolute atomic E-state index is 10.9. The van der Waals surface area contributed by atoms with Crippen LogP contribution in [0.3, 0.4) is 0 Å². The number of benzene rings is 4. The number of nitro benzene ring substituents is 1. The Labute approximate surface area is 212 Å². The van der Waals surface area contributed by atoms with Gasteiger partial charge in [0.25, 0.3) is 5.69 Å². The van der Waals surface area contributed by atoms with Crippen molar-refractivity contribution < 1.29 is 14.8 Å². The third-order valence-electron chi connectivity index (χ3n) is 7.37. The maximum Gasteiger partial charge on any atom is 0.269 e. The summed E-state index contributed by atoms with van der Waals surface area (Å²) >= 11 is 0. The minimum atomic E-state index is -0.839. The Morgan fingerprint density at radius 2 is 1.73 bits per heavy atom.